The van der Waals surface area contributed by atoms with Crippen molar-refractivity contribution in [3.63, 3.8) is 0 Å². The maximum Gasteiger partial charge on any atom is 0.244 e. The average molecular weight is 291 g/mol. The standard InChI is InChI=1S/C15H12ClFN2O/c16-13-5-1-11(2-6-13)9-15(20)19-18-10-12-3-7-14(17)8-4-12/h1-8,10H,9H2,(H,19,20). The second-order valence-electron chi connectivity index (χ2n) is 4.15. The Balaban J connectivity index is 1.85. The molecule has 2 rings (SSSR count). The largest absolute Gasteiger partial charge is 0.273 e. The van der Waals surface area contributed by atoms with Crippen LogP contribution in [0.5, 0.6) is 0 Å². The van der Waals surface area contributed by atoms with Crippen molar-refractivity contribution < 1.29 is 9.18 Å². The first-order valence-electron chi connectivity index (χ1n) is 5.95. The molecule has 2 aromatic rings. The molecule has 2 aromatic carbocycles. The van der Waals surface area contributed by atoms with Crippen LogP contribution in [0, 0.1) is 5.82 Å². The minimum Gasteiger partial charge on any atom is -0.273 e. The van der Waals surface area contributed by atoms with Gasteiger partial charge in [-0.3, -0.25) is 4.79 Å². The number of carbonyl (C=O) groups excluding carboxylic acids is 1. The molecule has 0 aliphatic rings. The minimum atomic E-state index is -0.311. The highest BCUT2D eigenvalue weighted by atomic mass is 35.5. The van der Waals surface area contributed by atoms with Gasteiger partial charge in [0.25, 0.3) is 0 Å². The number of nitrogens with zero attached hydrogens (tertiary/aromatic N) is 1. The van der Waals surface area contributed by atoms with Gasteiger partial charge in [-0.25, -0.2) is 9.82 Å². The van der Waals surface area contributed by atoms with Crippen molar-refractivity contribution in [3.05, 3.63) is 70.5 Å². The van der Waals surface area contributed by atoms with Crippen molar-refractivity contribution in [3.8, 4) is 0 Å². The summed E-state index contributed by atoms with van der Waals surface area (Å²) in [6.07, 6.45) is 1.68. The van der Waals surface area contributed by atoms with Crippen LogP contribution >= 0.6 is 11.6 Å². The molecule has 0 heterocycles. The highest BCUT2D eigenvalue weighted by Gasteiger charge is 2.01. The summed E-state index contributed by atoms with van der Waals surface area (Å²) in [6.45, 7) is 0. The van der Waals surface area contributed by atoms with Gasteiger partial charge in [-0.2, -0.15) is 5.10 Å². The quantitative estimate of drug-likeness (QED) is 0.682. The first-order chi connectivity index (χ1) is 9.63. The molecule has 0 aliphatic heterocycles. The fourth-order valence-corrected chi connectivity index (χ4v) is 1.68. The van der Waals surface area contributed by atoms with Crippen LogP contribution in [0.25, 0.3) is 0 Å². The van der Waals surface area contributed by atoms with Crippen molar-refractivity contribution in [1.29, 1.82) is 0 Å². The van der Waals surface area contributed by atoms with E-state index in [4.69, 9.17) is 11.6 Å². The Labute approximate surface area is 121 Å². The lowest BCUT2D eigenvalue weighted by molar-refractivity contribution is -0.120. The molecule has 20 heavy (non-hydrogen) atoms. The molecule has 0 saturated heterocycles. The molecule has 5 heteroatoms. The van der Waals surface area contributed by atoms with E-state index in [0.717, 1.165) is 5.56 Å². The monoisotopic (exact) mass is 290 g/mol. The van der Waals surface area contributed by atoms with E-state index >= 15 is 0 Å². The zero-order valence-corrected chi connectivity index (χ0v) is 11.3. The van der Waals surface area contributed by atoms with Crippen LogP contribution < -0.4 is 5.43 Å². The zero-order chi connectivity index (χ0) is 14.4. The number of hydrogen-bond donors (Lipinski definition) is 1. The smallest absolute Gasteiger partial charge is 0.244 e. The topological polar surface area (TPSA) is 41.5 Å². The summed E-state index contributed by atoms with van der Waals surface area (Å²) in [4.78, 5) is 11.6. The van der Waals surface area contributed by atoms with Gasteiger partial charge in [0.15, 0.2) is 0 Å². The number of nitrogens with one attached hydrogen (secondary N) is 1. The van der Waals surface area contributed by atoms with Crippen LogP contribution in [0.1, 0.15) is 11.1 Å². The number of amides is 1. The zero-order valence-electron chi connectivity index (χ0n) is 10.5. The van der Waals surface area contributed by atoms with Gasteiger partial charge >= 0.3 is 0 Å². The van der Waals surface area contributed by atoms with Gasteiger partial charge < -0.3 is 0 Å². The Hall–Kier alpha value is -2.20. The maximum absolute atomic E-state index is 12.7. The molecule has 1 amide bonds. The number of benzene rings is 2. The number of hydrazone groups is 1. The number of hydrogen-bond acceptors (Lipinski definition) is 2. The van der Waals surface area contributed by atoms with Gasteiger partial charge in [-0.15, -0.1) is 0 Å². The van der Waals surface area contributed by atoms with Crippen LogP contribution in [-0.4, -0.2) is 12.1 Å². The van der Waals surface area contributed by atoms with E-state index in [-0.39, 0.29) is 18.1 Å². The summed E-state index contributed by atoms with van der Waals surface area (Å²) in [5, 5.41) is 4.44. The molecule has 0 aromatic heterocycles. The second kappa shape index (κ2) is 6.82. The molecule has 0 spiro atoms. The average Bonchev–Trinajstić information content (AvgIpc) is 2.44. The summed E-state index contributed by atoms with van der Waals surface area (Å²) in [5.41, 5.74) is 3.97. The molecular weight excluding hydrogens is 279 g/mol. The van der Waals surface area contributed by atoms with Crippen molar-refractivity contribution in [2.75, 3.05) is 0 Å². The van der Waals surface area contributed by atoms with E-state index in [1.54, 1.807) is 36.4 Å². The molecule has 0 atom stereocenters. The lowest BCUT2D eigenvalue weighted by Gasteiger charge is -2.00. The molecule has 0 fully saturated rings. The lowest BCUT2D eigenvalue weighted by Crippen LogP contribution is -2.19. The second-order valence-corrected chi connectivity index (χ2v) is 4.58. The van der Waals surface area contributed by atoms with Crippen LogP contribution in [0.4, 0.5) is 4.39 Å². The van der Waals surface area contributed by atoms with E-state index in [0.29, 0.717) is 10.6 Å². The third-order valence-electron chi connectivity index (χ3n) is 2.55. The van der Waals surface area contributed by atoms with E-state index in [2.05, 4.69) is 10.5 Å². The van der Waals surface area contributed by atoms with Gasteiger partial charge in [0.2, 0.25) is 5.91 Å². The molecule has 1 N–H and O–H groups in total. The van der Waals surface area contributed by atoms with Gasteiger partial charge in [0.1, 0.15) is 5.82 Å². The molecule has 0 saturated carbocycles. The molecule has 3 nitrogen and oxygen atoms in total. The summed E-state index contributed by atoms with van der Waals surface area (Å²) in [5.74, 6) is -0.542. The Morgan fingerprint density at radius 2 is 1.80 bits per heavy atom. The SMILES string of the molecule is O=C(Cc1ccc(Cl)cc1)NN=Cc1ccc(F)cc1. The Bertz CT molecular complexity index is 609. The fourth-order valence-electron chi connectivity index (χ4n) is 1.55. The lowest BCUT2D eigenvalue weighted by atomic mass is 10.1. The van der Waals surface area contributed by atoms with Crippen molar-refractivity contribution in [2.24, 2.45) is 5.10 Å². The highest BCUT2D eigenvalue weighted by molar-refractivity contribution is 6.30. The van der Waals surface area contributed by atoms with Gasteiger partial charge in [0.05, 0.1) is 12.6 Å². The molecule has 102 valence electrons. The number of carbonyl (C=O) groups is 1. The third-order valence-corrected chi connectivity index (χ3v) is 2.80. The van der Waals surface area contributed by atoms with Crippen LogP contribution in [0.15, 0.2) is 53.6 Å². The van der Waals surface area contributed by atoms with Crippen LogP contribution in [-0.2, 0) is 11.2 Å². The Morgan fingerprint density at radius 3 is 2.45 bits per heavy atom. The summed E-state index contributed by atoms with van der Waals surface area (Å²) < 4.78 is 12.7. The minimum absolute atomic E-state index is 0.220. The molecule has 0 aliphatic carbocycles. The van der Waals surface area contributed by atoms with Gasteiger partial charge in [0, 0.05) is 5.02 Å². The highest BCUT2D eigenvalue weighted by Crippen LogP contribution is 2.09. The van der Waals surface area contributed by atoms with E-state index < -0.39 is 0 Å². The normalized spacial score (nSPS) is 10.7. The Kier molecular flexibility index (Phi) is 4.85. The molecule has 0 unspecified atom stereocenters. The Morgan fingerprint density at radius 1 is 1.15 bits per heavy atom. The maximum atomic E-state index is 12.7. The molecule has 0 bridgehead atoms. The number of rotatable bonds is 4. The fraction of sp³-hybridized carbons (Fsp3) is 0.0667. The predicted molar refractivity (Wildman–Crippen MR) is 77.3 cm³/mol. The number of halogens is 2. The summed E-state index contributed by atoms with van der Waals surface area (Å²) >= 11 is 5.76. The molecular formula is C15H12ClFN2O. The van der Waals surface area contributed by atoms with E-state index in [1.165, 1.54) is 18.3 Å². The van der Waals surface area contributed by atoms with E-state index in [9.17, 15) is 9.18 Å². The summed E-state index contributed by atoms with van der Waals surface area (Å²) in [6, 6.07) is 12.8. The predicted octanol–water partition coefficient (Wildman–Crippen LogP) is 3.17. The van der Waals surface area contributed by atoms with Crippen molar-refractivity contribution in [1.82, 2.24) is 5.43 Å². The van der Waals surface area contributed by atoms with E-state index in [1.807, 2.05) is 0 Å². The van der Waals surface area contributed by atoms with Crippen LogP contribution in [0.3, 0.4) is 0 Å². The first-order valence-corrected chi connectivity index (χ1v) is 6.33. The van der Waals surface area contributed by atoms with Gasteiger partial charge in [-0.1, -0.05) is 35.9 Å². The third kappa shape index (κ3) is 4.48. The van der Waals surface area contributed by atoms with Crippen LogP contribution in [0.2, 0.25) is 5.02 Å². The first kappa shape index (κ1) is 14.2. The van der Waals surface area contributed by atoms with Crippen molar-refractivity contribution >= 4 is 23.7 Å². The van der Waals surface area contributed by atoms with Crippen molar-refractivity contribution in [2.45, 2.75) is 6.42 Å². The van der Waals surface area contributed by atoms with Gasteiger partial charge in [-0.05, 0) is 35.4 Å². The molecule has 0 radical (unpaired) electrons. The summed E-state index contributed by atoms with van der Waals surface area (Å²) in [7, 11) is 0.